The van der Waals surface area contributed by atoms with Crippen LogP contribution in [0.4, 0.5) is 5.69 Å². The van der Waals surface area contributed by atoms with Crippen molar-refractivity contribution in [2.45, 2.75) is 0 Å². The molecule has 0 saturated heterocycles. The summed E-state index contributed by atoms with van der Waals surface area (Å²) in [4.78, 5) is 42.2. The molecule has 0 aliphatic heterocycles. The molecule has 3 rings (SSSR count). The van der Waals surface area contributed by atoms with Crippen molar-refractivity contribution in [1.29, 1.82) is 0 Å². The first-order valence-electron chi connectivity index (χ1n) is 5.26. The van der Waals surface area contributed by atoms with Crippen LogP contribution in [-0.4, -0.2) is 19.9 Å². The van der Waals surface area contributed by atoms with Crippen molar-refractivity contribution in [2.75, 3.05) is 0 Å². The summed E-state index contributed by atoms with van der Waals surface area (Å²) in [6.07, 6.45) is 0.991. The van der Waals surface area contributed by atoms with Crippen LogP contribution in [0.15, 0.2) is 34.0 Å². The van der Waals surface area contributed by atoms with E-state index in [1.165, 1.54) is 18.2 Å². The van der Waals surface area contributed by atoms with Gasteiger partial charge in [0.1, 0.15) is 11.3 Å². The Kier molecular flexibility index (Phi) is 2.18. The molecule has 3 heterocycles. The quantitative estimate of drug-likeness (QED) is 0.377. The molecule has 0 amide bonds. The molecule has 0 aliphatic carbocycles. The molecule has 2 N–H and O–H groups in total. The summed E-state index contributed by atoms with van der Waals surface area (Å²) in [6.45, 7) is 0. The number of rotatable bonds is 1. The predicted molar refractivity (Wildman–Crippen MR) is 67.1 cm³/mol. The zero-order valence-electron chi connectivity index (χ0n) is 9.34. The Labute approximate surface area is 103 Å². The molecular weight excluding hydrogens is 252 g/mol. The van der Waals surface area contributed by atoms with Crippen LogP contribution in [0.3, 0.4) is 0 Å². The minimum atomic E-state index is -0.755. The van der Waals surface area contributed by atoms with Gasteiger partial charge in [0, 0.05) is 11.5 Å². The molecule has 0 spiro atoms. The number of aromatic amines is 2. The van der Waals surface area contributed by atoms with Gasteiger partial charge in [-0.1, -0.05) is 0 Å². The summed E-state index contributed by atoms with van der Waals surface area (Å²) >= 11 is 0. The van der Waals surface area contributed by atoms with Gasteiger partial charge in [-0.25, -0.2) is 4.98 Å². The van der Waals surface area contributed by atoms with E-state index in [0.717, 1.165) is 6.20 Å². The van der Waals surface area contributed by atoms with E-state index in [-0.39, 0.29) is 16.6 Å². The second-order valence-electron chi connectivity index (χ2n) is 3.91. The minimum Gasteiger partial charge on any atom is -0.340 e. The normalized spacial score (nSPS) is 10.9. The van der Waals surface area contributed by atoms with Gasteiger partial charge in [-0.2, -0.15) is 0 Å². The van der Waals surface area contributed by atoms with Crippen molar-refractivity contribution < 1.29 is 4.92 Å². The summed E-state index contributed by atoms with van der Waals surface area (Å²) in [5.74, 6) is 0. The van der Waals surface area contributed by atoms with E-state index in [1.807, 2.05) is 0 Å². The van der Waals surface area contributed by atoms with Gasteiger partial charge in [-0.05, 0) is 12.1 Å². The number of hydrogen-bond donors (Lipinski definition) is 2. The van der Waals surface area contributed by atoms with Gasteiger partial charge in [-0.15, -0.1) is 0 Å². The lowest BCUT2D eigenvalue weighted by atomic mass is 10.2. The maximum Gasteiger partial charge on any atom is 0.332 e. The summed E-state index contributed by atoms with van der Waals surface area (Å²) < 4.78 is 0. The highest BCUT2D eigenvalue weighted by molar-refractivity contribution is 5.89. The van der Waals surface area contributed by atoms with Crippen LogP contribution < -0.4 is 11.0 Å². The standard InChI is InChI=1S/C11H6N4O4/c16-8-2-1-5-3-6-9(17)7(15(18)19)4-12-11(6)14-10(5)13-8/h1-4H,(H2,12,13,14,16,17). The summed E-state index contributed by atoms with van der Waals surface area (Å²) in [6, 6.07) is 4.25. The van der Waals surface area contributed by atoms with Crippen LogP contribution in [0.1, 0.15) is 0 Å². The monoisotopic (exact) mass is 258 g/mol. The predicted octanol–water partition coefficient (Wildman–Crippen LogP) is 0.673. The Balaban J connectivity index is 2.48. The molecule has 0 unspecified atom stereocenters. The first kappa shape index (κ1) is 11.1. The minimum absolute atomic E-state index is 0.105. The smallest absolute Gasteiger partial charge is 0.332 e. The first-order valence-corrected chi connectivity index (χ1v) is 5.26. The Morgan fingerprint density at radius 3 is 2.74 bits per heavy atom. The molecule has 8 nitrogen and oxygen atoms in total. The Morgan fingerprint density at radius 1 is 1.21 bits per heavy atom. The van der Waals surface area contributed by atoms with E-state index in [1.54, 1.807) is 0 Å². The topological polar surface area (TPSA) is 122 Å². The van der Waals surface area contributed by atoms with E-state index >= 15 is 0 Å². The molecule has 0 fully saturated rings. The van der Waals surface area contributed by atoms with Gasteiger partial charge in [0.25, 0.3) is 5.43 Å². The van der Waals surface area contributed by atoms with Gasteiger partial charge in [0.15, 0.2) is 0 Å². The number of nitro groups is 1. The lowest BCUT2D eigenvalue weighted by Gasteiger charge is -2.00. The van der Waals surface area contributed by atoms with Gasteiger partial charge < -0.3 is 9.97 Å². The van der Waals surface area contributed by atoms with Crippen LogP contribution in [0, 0.1) is 10.1 Å². The third-order valence-electron chi connectivity index (χ3n) is 2.73. The third kappa shape index (κ3) is 1.66. The molecule has 0 saturated carbocycles. The highest BCUT2D eigenvalue weighted by atomic mass is 16.6. The third-order valence-corrected chi connectivity index (χ3v) is 2.73. The number of nitrogens with zero attached hydrogens (tertiary/aromatic N) is 2. The average molecular weight is 258 g/mol. The van der Waals surface area contributed by atoms with E-state index < -0.39 is 16.0 Å². The first-order chi connectivity index (χ1) is 9.06. The molecule has 0 bridgehead atoms. The zero-order chi connectivity index (χ0) is 13.6. The van der Waals surface area contributed by atoms with Crippen molar-refractivity contribution in [3.8, 4) is 0 Å². The highest BCUT2D eigenvalue weighted by Gasteiger charge is 2.15. The summed E-state index contributed by atoms with van der Waals surface area (Å²) in [5, 5.41) is 11.3. The molecule has 0 aromatic carbocycles. The molecule has 94 valence electrons. The summed E-state index contributed by atoms with van der Waals surface area (Å²) in [7, 11) is 0. The van der Waals surface area contributed by atoms with Crippen LogP contribution in [0.2, 0.25) is 0 Å². The number of hydrogen-bond acceptors (Lipinski definition) is 5. The Morgan fingerprint density at radius 2 is 2.00 bits per heavy atom. The maximum atomic E-state index is 11.9. The van der Waals surface area contributed by atoms with E-state index in [9.17, 15) is 19.7 Å². The fraction of sp³-hybridized carbons (Fsp3) is 0. The number of nitrogens with one attached hydrogen (secondary N) is 2. The van der Waals surface area contributed by atoms with Crippen molar-refractivity contribution in [3.05, 3.63) is 55.1 Å². The van der Waals surface area contributed by atoms with Crippen LogP contribution in [-0.2, 0) is 0 Å². The molecule has 3 aromatic heterocycles. The maximum absolute atomic E-state index is 11.9. The molecule has 8 heteroatoms. The molecule has 19 heavy (non-hydrogen) atoms. The van der Waals surface area contributed by atoms with Gasteiger partial charge >= 0.3 is 5.69 Å². The second kappa shape index (κ2) is 3.73. The van der Waals surface area contributed by atoms with Gasteiger partial charge in [0.05, 0.1) is 16.5 Å². The number of aromatic nitrogens is 3. The Bertz CT molecular complexity index is 941. The van der Waals surface area contributed by atoms with E-state index in [0.29, 0.717) is 11.0 Å². The fourth-order valence-electron chi connectivity index (χ4n) is 1.84. The lowest BCUT2D eigenvalue weighted by molar-refractivity contribution is -0.386. The van der Waals surface area contributed by atoms with Gasteiger partial charge in [0.2, 0.25) is 5.56 Å². The van der Waals surface area contributed by atoms with E-state index in [2.05, 4.69) is 15.0 Å². The largest absolute Gasteiger partial charge is 0.340 e. The van der Waals surface area contributed by atoms with Crippen molar-refractivity contribution >= 4 is 27.8 Å². The van der Waals surface area contributed by atoms with E-state index in [4.69, 9.17) is 0 Å². The molecule has 3 aromatic rings. The van der Waals surface area contributed by atoms with Crippen molar-refractivity contribution in [2.24, 2.45) is 0 Å². The molecular formula is C11H6N4O4. The van der Waals surface area contributed by atoms with Crippen LogP contribution in [0.5, 0.6) is 0 Å². The lowest BCUT2D eigenvalue weighted by Crippen LogP contribution is -2.11. The number of fused-ring (bicyclic) bond motifs is 2. The highest BCUT2D eigenvalue weighted by Crippen LogP contribution is 2.15. The van der Waals surface area contributed by atoms with Crippen LogP contribution in [0.25, 0.3) is 22.1 Å². The molecule has 0 atom stereocenters. The van der Waals surface area contributed by atoms with Crippen LogP contribution >= 0.6 is 0 Å². The summed E-state index contributed by atoms with van der Waals surface area (Å²) in [5.41, 5.74) is -1.07. The fourth-order valence-corrected chi connectivity index (χ4v) is 1.84. The number of H-pyrrole nitrogens is 2. The Hall–Kier alpha value is -3.03. The SMILES string of the molecule is O=c1ccc2cc3c(=O)c([N+](=O)[O-])c[nH]c3nc2[nH]1. The molecule has 0 radical (unpaired) electrons. The average Bonchev–Trinajstić information content (AvgIpc) is 2.37. The zero-order valence-corrected chi connectivity index (χ0v) is 9.34. The van der Waals surface area contributed by atoms with Crippen molar-refractivity contribution in [1.82, 2.24) is 15.0 Å². The number of pyridine rings is 3. The molecule has 0 aliphatic rings. The van der Waals surface area contributed by atoms with Gasteiger partial charge in [-0.3, -0.25) is 19.7 Å². The second-order valence-corrected chi connectivity index (χ2v) is 3.91. The van der Waals surface area contributed by atoms with Crippen molar-refractivity contribution in [3.63, 3.8) is 0 Å².